The molecule has 0 radical (unpaired) electrons. The Labute approximate surface area is 108 Å². The highest BCUT2D eigenvalue weighted by molar-refractivity contribution is 14.1. The van der Waals surface area contributed by atoms with E-state index in [9.17, 15) is 9.59 Å². The molecule has 1 amide bonds. The van der Waals surface area contributed by atoms with Crippen LogP contribution in [-0.2, 0) is 19.1 Å². The molecule has 2 unspecified atom stereocenters. The average Bonchev–Trinajstić information content (AvgIpc) is 2.35. The van der Waals surface area contributed by atoms with E-state index in [1.54, 1.807) is 0 Å². The molecule has 1 heterocycles. The highest BCUT2D eigenvalue weighted by atomic mass is 127. The van der Waals surface area contributed by atoms with E-state index in [-0.39, 0.29) is 28.4 Å². The number of hydrogen-bond acceptors (Lipinski definition) is 4. The lowest BCUT2D eigenvalue weighted by atomic mass is 10.1. The number of esters is 1. The van der Waals surface area contributed by atoms with Gasteiger partial charge in [-0.05, 0) is 19.3 Å². The van der Waals surface area contributed by atoms with Gasteiger partial charge in [0.2, 0.25) is 5.91 Å². The Morgan fingerprint density at radius 2 is 2.31 bits per heavy atom. The van der Waals surface area contributed by atoms with Crippen molar-refractivity contribution < 1.29 is 19.1 Å². The minimum Gasteiger partial charge on any atom is -0.468 e. The van der Waals surface area contributed by atoms with E-state index < -0.39 is 0 Å². The third-order valence-electron chi connectivity index (χ3n) is 2.38. The highest BCUT2D eigenvalue weighted by Crippen LogP contribution is 2.12. The maximum absolute atomic E-state index is 11.6. The zero-order valence-corrected chi connectivity index (χ0v) is 11.4. The number of amides is 1. The first-order valence-corrected chi connectivity index (χ1v) is 6.51. The summed E-state index contributed by atoms with van der Waals surface area (Å²) >= 11 is 1.94. The molecule has 0 aromatic carbocycles. The molecule has 0 aromatic rings. The lowest BCUT2D eigenvalue weighted by Gasteiger charge is -2.22. The van der Waals surface area contributed by atoms with Gasteiger partial charge in [-0.2, -0.15) is 0 Å². The van der Waals surface area contributed by atoms with Gasteiger partial charge in [-0.15, -0.1) is 0 Å². The van der Waals surface area contributed by atoms with Crippen LogP contribution < -0.4 is 5.32 Å². The molecule has 2 atom stereocenters. The Kier molecular flexibility index (Phi) is 6.04. The van der Waals surface area contributed by atoms with Crippen LogP contribution in [0.25, 0.3) is 0 Å². The van der Waals surface area contributed by atoms with Crippen molar-refractivity contribution >= 4 is 34.5 Å². The van der Waals surface area contributed by atoms with Gasteiger partial charge in [-0.1, -0.05) is 22.6 Å². The fourth-order valence-corrected chi connectivity index (χ4v) is 1.94. The van der Waals surface area contributed by atoms with Crippen LogP contribution in [0.4, 0.5) is 0 Å². The second kappa shape index (κ2) is 7.05. The number of nitrogens with one attached hydrogen (secondary N) is 1. The quantitative estimate of drug-likeness (QED) is 0.463. The third kappa shape index (κ3) is 4.25. The number of carbonyl (C=O) groups excluding carboxylic acids is 2. The van der Waals surface area contributed by atoms with Crippen molar-refractivity contribution in [2.45, 2.75) is 29.3 Å². The van der Waals surface area contributed by atoms with Crippen LogP contribution in [0.3, 0.4) is 0 Å². The van der Waals surface area contributed by atoms with Gasteiger partial charge in [0, 0.05) is 13.2 Å². The monoisotopic (exact) mass is 341 g/mol. The summed E-state index contributed by atoms with van der Waals surface area (Å²) in [5, 5.41) is 2.70. The molecule has 1 saturated heterocycles. The van der Waals surface area contributed by atoms with Gasteiger partial charge in [-0.3, -0.25) is 9.59 Å². The first-order chi connectivity index (χ1) is 7.65. The van der Waals surface area contributed by atoms with Gasteiger partial charge in [0.1, 0.15) is 10.0 Å². The van der Waals surface area contributed by atoms with Gasteiger partial charge in [-0.25, -0.2) is 0 Å². The molecule has 5 nitrogen and oxygen atoms in total. The highest BCUT2D eigenvalue weighted by Gasteiger charge is 2.23. The van der Waals surface area contributed by atoms with E-state index in [1.807, 2.05) is 22.6 Å². The molecule has 16 heavy (non-hydrogen) atoms. The van der Waals surface area contributed by atoms with E-state index in [0.29, 0.717) is 6.61 Å². The Morgan fingerprint density at radius 1 is 1.56 bits per heavy atom. The van der Waals surface area contributed by atoms with Crippen molar-refractivity contribution in [1.82, 2.24) is 5.32 Å². The van der Waals surface area contributed by atoms with E-state index in [4.69, 9.17) is 4.74 Å². The molecule has 1 fully saturated rings. The summed E-state index contributed by atoms with van der Waals surface area (Å²) in [6.07, 6.45) is 2.44. The van der Waals surface area contributed by atoms with Gasteiger partial charge in [0.05, 0.1) is 7.11 Å². The molecule has 1 N–H and O–H groups in total. The van der Waals surface area contributed by atoms with Crippen LogP contribution in [0.15, 0.2) is 0 Å². The van der Waals surface area contributed by atoms with E-state index in [1.165, 1.54) is 7.11 Å². The summed E-state index contributed by atoms with van der Waals surface area (Å²) in [6, 6.07) is 0. The van der Waals surface area contributed by atoms with Gasteiger partial charge >= 0.3 is 5.97 Å². The van der Waals surface area contributed by atoms with Crippen LogP contribution in [-0.4, -0.2) is 42.2 Å². The molecule has 0 spiro atoms. The zero-order chi connectivity index (χ0) is 12.0. The van der Waals surface area contributed by atoms with Crippen LogP contribution in [0.2, 0.25) is 0 Å². The summed E-state index contributed by atoms with van der Waals surface area (Å²) in [5.41, 5.74) is 0. The van der Waals surface area contributed by atoms with Gasteiger partial charge in [0.15, 0.2) is 0 Å². The van der Waals surface area contributed by atoms with E-state index >= 15 is 0 Å². The first-order valence-electron chi connectivity index (χ1n) is 5.26. The van der Waals surface area contributed by atoms with Crippen molar-refractivity contribution in [3.63, 3.8) is 0 Å². The topological polar surface area (TPSA) is 64.6 Å². The predicted molar refractivity (Wildman–Crippen MR) is 66.4 cm³/mol. The molecule has 0 saturated carbocycles. The summed E-state index contributed by atoms with van der Waals surface area (Å²) in [4.78, 5) is 22.7. The fourth-order valence-electron chi connectivity index (χ4n) is 1.46. The summed E-state index contributed by atoms with van der Waals surface area (Å²) < 4.78 is 9.54. The Morgan fingerprint density at radius 3 is 2.88 bits per heavy atom. The van der Waals surface area contributed by atoms with Crippen molar-refractivity contribution in [3.8, 4) is 0 Å². The zero-order valence-electron chi connectivity index (χ0n) is 9.20. The molecular weight excluding hydrogens is 325 g/mol. The number of halogens is 1. The van der Waals surface area contributed by atoms with Gasteiger partial charge < -0.3 is 14.8 Å². The minimum atomic E-state index is -0.352. The third-order valence-corrected chi connectivity index (χ3v) is 3.33. The van der Waals surface area contributed by atoms with Crippen molar-refractivity contribution in [2.24, 2.45) is 0 Å². The van der Waals surface area contributed by atoms with Crippen LogP contribution in [0.1, 0.15) is 19.3 Å². The van der Waals surface area contributed by atoms with E-state index in [0.717, 1.165) is 19.3 Å². The number of carbonyl (C=O) groups is 2. The second-order valence-corrected chi connectivity index (χ2v) is 5.09. The van der Waals surface area contributed by atoms with Crippen molar-refractivity contribution in [2.75, 3.05) is 20.3 Å². The smallest absolute Gasteiger partial charge is 0.320 e. The summed E-state index contributed by atoms with van der Waals surface area (Å²) in [6.45, 7) is 0.925. The van der Waals surface area contributed by atoms with Crippen molar-refractivity contribution in [3.05, 3.63) is 0 Å². The maximum Gasteiger partial charge on any atom is 0.320 e. The predicted octanol–water partition coefficient (Wildman–Crippen LogP) is 0.648. The molecule has 1 aliphatic heterocycles. The largest absolute Gasteiger partial charge is 0.468 e. The number of alkyl halides is 1. The molecule has 1 rings (SSSR count). The number of rotatable bonds is 4. The van der Waals surface area contributed by atoms with Crippen LogP contribution >= 0.6 is 22.6 Å². The number of methoxy groups -OCH3 is 1. The standard InChI is InChI=1S/C10H16INO4/c1-15-10(14)7(11)6-12-9(13)8-4-2-3-5-16-8/h7-8H,2-6H2,1H3,(H,12,13). The lowest BCUT2D eigenvalue weighted by Crippen LogP contribution is -2.42. The Balaban J connectivity index is 2.26. The van der Waals surface area contributed by atoms with Crippen LogP contribution in [0, 0.1) is 0 Å². The minimum absolute atomic E-state index is 0.134. The molecule has 1 aliphatic rings. The lowest BCUT2D eigenvalue weighted by molar-refractivity contribution is -0.140. The maximum atomic E-state index is 11.6. The average molecular weight is 341 g/mol. The summed E-state index contributed by atoms with van der Waals surface area (Å²) in [5.74, 6) is -0.462. The fraction of sp³-hybridized carbons (Fsp3) is 0.800. The Bertz CT molecular complexity index is 253. The molecule has 6 heteroatoms. The molecule has 92 valence electrons. The first kappa shape index (κ1) is 13.7. The van der Waals surface area contributed by atoms with Gasteiger partial charge in [0.25, 0.3) is 0 Å². The second-order valence-electron chi connectivity index (χ2n) is 3.59. The Hall–Kier alpha value is -0.370. The van der Waals surface area contributed by atoms with Crippen LogP contribution in [0.5, 0.6) is 0 Å². The molecule has 0 aromatic heterocycles. The van der Waals surface area contributed by atoms with E-state index in [2.05, 4.69) is 10.1 Å². The normalized spacial score (nSPS) is 22.2. The SMILES string of the molecule is COC(=O)C(I)CNC(=O)C1CCCCO1. The molecular formula is C10H16INO4. The van der Waals surface area contributed by atoms with Crippen molar-refractivity contribution in [1.29, 1.82) is 0 Å². The summed E-state index contributed by atoms with van der Waals surface area (Å²) in [7, 11) is 1.33. The number of hydrogen-bond donors (Lipinski definition) is 1. The number of ether oxygens (including phenoxy) is 2. The molecule has 0 bridgehead atoms. The molecule has 0 aliphatic carbocycles.